The molecule has 3 rings (SSSR count). The molecule has 0 saturated carbocycles. The Morgan fingerprint density at radius 1 is 0.654 bits per heavy atom. The van der Waals surface area contributed by atoms with Crippen molar-refractivity contribution in [1.29, 1.82) is 0 Å². The lowest BCUT2D eigenvalue weighted by atomic mass is 10.0. The highest BCUT2D eigenvalue weighted by Gasteiger charge is 2.20. The summed E-state index contributed by atoms with van der Waals surface area (Å²) in [7, 11) is -6.00. The van der Waals surface area contributed by atoms with E-state index in [4.69, 9.17) is 0 Å². The fraction of sp³-hybridized carbons (Fsp3) is 0.150. The zero-order chi connectivity index (χ0) is 19.3. The lowest BCUT2D eigenvalue weighted by molar-refractivity contribution is -0.609. The molecule has 1 aromatic heterocycles. The number of para-hydroxylation sites is 1. The van der Waals surface area contributed by atoms with Gasteiger partial charge in [0.2, 0.25) is 5.69 Å². The Morgan fingerprint density at radius 3 is 1.58 bits per heavy atom. The third-order valence-corrected chi connectivity index (χ3v) is 3.83. The Kier molecular flexibility index (Phi) is 6.19. The van der Waals surface area contributed by atoms with Gasteiger partial charge in [-0.15, -0.1) is 0 Å². The summed E-state index contributed by atoms with van der Waals surface area (Å²) in [5.41, 5.74) is 7.54. The standard InChI is InChI=1S/C20H20N.BF4/c1-15-9-11-18(12-10-15)19-13-16(2)21(17(3)14-19)20-7-5-4-6-8-20;2-1(3,4)5/h4-14H,1-3H3;/q+1;-1. The number of halogens is 4. The molecule has 0 N–H and O–H groups in total. The van der Waals surface area contributed by atoms with Gasteiger partial charge < -0.3 is 17.3 Å². The average molecular weight is 361 g/mol. The fourth-order valence-electron chi connectivity index (χ4n) is 2.80. The van der Waals surface area contributed by atoms with Gasteiger partial charge in [-0.3, -0.25) is 0 Å². The van der Waals surface area contributed by atoms with Gasteiger partial charge in [-0.25, -0.2) is 0 Å². The van der Waals surface area contributed by atoms with E-state index >= 15 is 0 Å². The number of benzene rings is 2. The SMILES string of the molecule is Cc1ccc(-c2cc(C)[n+](-c3ccccc3)c(C)c2)cc1.F[B-](F)(F)F. The lowest BCUT2D eigenvalue weighted by Crippen LogP contribution is -2.37. The van der Waals surface area contributed by atoms with Crippen LogP contribution in [0.2, 0.25) is 0 Å². The molecule has 0 radical (unpaired) electrons. The van der Waals surface area contributed by atoms with E-state index < -0.39 is 7.25 Å². The Bertz CT molecular complexity index is 830. The highest BCUT2D eigenvalue weighted by molar-refractivity contribution is 6.50. The molecular formula is C20H20BF4N. The number of aryl methyl sites for hydroxylation is 3. The van der Waals surface area contributed by atoms with Crippen molar-refractivity contribution in [3.8, 4) is 16.8 Å². The van der Waals surface area contributed by atoms with Crippen LogP contribution in [0.15, 0.2) is 66.7 Å². The van der Waals surface area contributed by atoms with Crippen molar-refractivity contribution in [3.63, 3.8) is 0 Å². The normalized spacial score (nSPS) is 10.9. The first-order chi connectivity index (χ1) is 12.1. The van der Waals surface area contributed by atoms with Crippen LogP contribution in [0, 0.1) is 20.8 Å². The quantitative estimate of drug-likeness (QED) is 0.306. The van der Waals surface area contributed by atoms with Gasteiger partial charge >= 0.3 is 7.25 Å². The van der Waals surface area contributed by atoms with Gasteiger partial charge in [-0.1, -0.05) is 48.0 Å². The molecule has 0 saturated heterocycles. The van der Waals surface area contributed by atoms with Crippen LogP contribution in [0.25, 0.3) is 16.8 Å². The highest BCUT2D eigenvalue weighted by atomic mass is 19.5. The third kappa shape index (κ3) is 5.72. The summed E-state index contributed by atoms with van der Waals surface area (Å²) >= 11 is 0. The molecule has 3 aromatic rings. The van der Waals surface area contributed by atoms with Crippen LogP contribution < -0.4 is 4.57 Å². The van der Waals surface area contributed by atoms with Crippen LogP contribution in [0.5, 0.6) is 0 Å². The Morgan fingerprint density at radius 2 is 1.12 bits per heavy atom. The smallest absolute Gasteiger partial charge is 0.418 e. The summed E-state index contributed by atoms with van der Waals surface area (Å²) in [5, 5.41) is 0. The fourth-order valence-corrected chi connectivity index (χ4v) is 2.80. The van der Waals surface area contributed by atoms with Crippen LogP contribution in [0.1, 0.15) is 17.0 Å². The van der Waals surface area contributed by atoms with Gasteiger partial charge in [-0.2, -0.15) is 4.57 Å². The highest BCUT2D eigenvalue weighted by Crippen LogP contribution is 2.21. The lowest BCUT2D eigenvalue weighted by Gasteiger charge is -2.07. The first-order valence-electron chi connectivity index (χ1n) is 8.18. The van der Waals surface area contributed by atoms with Crippen LogP contribution in [-0.4, -0.2) is 7.25 Å². The summed E-state index contributed by atoms with van der Waals surface area (Å²) in [6, 6.07) is 23.7. The summed E-state index contributed by atoms with van der Waals surface area (Å²) in [6.45, 7) is 6.45. The van der Waals surface area contributed by atoms with E-state index in [9.17, 15) is 17.3 Å². The molecule has 0 amide bonds. The van der Waals surface area contributed by atoms with E-state index in [1.54, 1.807) is 0 Å². The Balaban J connectivity index is 0.000000431. The van der Waals surface area contributed by atoms with Crippen molar-refractivity contribution in [2.45, 2.75) is 20.8 Å². The van der Waals surface area contributed by atoms with Crippen LogP contribution in [-0.2, 0) is 0 Å². The van der Waals surface area contributed by atoms with Gasteiger partial charge in [0.15, 0.2) is 11.4 Å². The number of pyridine rings is 1. The van der Waals surface area contributed by atoms with Crippen molar-refractivity contribution in [3.05, 3.63) is 83.7 Å². The Hall–Kier alpha value is -2.63. The maximum atomic E-state index is 9.75. The topological polar surface area (TPSA) is 3.88 Å². The minimum Gasteiger partial charge on any atom is -0.418 e. The van der Waals surface area contributed by atoms with Gasteiger partial charge in [0.25, 0.3) is 0 Å². The minimum atomic E-state index is -6.00. The van der Waals surface area contributed by atoms with Gasteiger partial charge in [0, 0.05) is 38.1 Å². The summed E-state index contributed by atoms with van der Waals surface area (Å²) < 4.78 is 41.3. The van der Waals surface area contributed by atoms with Crippen molar-refractivity contribution in [2.24, 2.45) is 0 Å². The maximum absolute atomic E-state index is 9.75. The number of rotatable bonds is 2. The molecule has 2 aromatic carbocycles. The summed E-state index contributed by atoms with van der Waals surface area (Å²) in [6.07, 6.45) is 0. The molecule has 6 heteroatoms. The monoisotopic (exact) mass is 361 g/mol. The molecule has 136 valence electrons. The summed E-state index contributed by atoms with van der Waals surface area (Å²) in [4.78, 5) is 0. The molecule has 0 aliphatic carbocycles. The van der Waals surface area contributed by atoms with Crippen molar-refractivity contribution >= 4 is 7.25 Å². The zero-order valence-corrected chi connectivity index (χ0v) is 14.9. The molecule has 0 aliphatic heterocycles. The predicted octanol–water partition coefficient (Wildman–Crippen LogP) is 5.86. The van der Waals surface area contributed by atoms with E-state index in [1.165, 1.54) is 33.8 Å². The molecule has 0 aliphatic rings. The molecule has 0 unspecified atom stereocenters. The zero-order valence-electron chi connectivity index (χ0n) is 14.9. The van der Waals surface area contributed by atoms with E-state index in [1.807, 2.05) is 0 Å². The molecule has 0 atom stereocenters. The van der Waals surface area contributed by atoms with E-state index in [0.717, 1.165) is 0 Å². The molecule has 26 heavy (non-hydrogen) atoms. The predicted molar refractivity (Wildman–Crippen MR) is 97.8 cm³/mol. The number of aromatic nitrogens is 1. The maximum Gasteiger partial charge on any atom is 0.673 e. The van der Waals surface area contributed by atoms with Gasteiger partial charge in [0.1, 0.15) is 0 Å². The van der Waals surface area contributed by atoms with E-state index in [0.29, 0.717) is 0 Å². The molecule has 0 fully saturated rings. The second-order valence-corrected chi connectivity index (χ2v) is 6.06. The molecule has 1 nitrogen and oxygen atoms in total. The van der Waals surface area contributed by atoms with E-state index in [-0.39, 0.29) is 0 Å². The molecular weight excluding hydrogens is 341 g/mol. The van der Waals surface area contributed by atoms with Gasteiger partial charge in [-0.05, 0) is 18.1 Å². The van der Waals surface area contributed by atoms with Crippen LogP contribution >= 0.6 is 0 Å². The largest absolute Gasteiger partial charge is 0.673 e. The minimum absolute atomic E-state index is 1.21. The first kappa shape index (κ1) is 19.7. The van der Waals surface area contributed by atoms with Gasteiger partial charge in [0.05, 0.1) is 0 Å². The van der Waals surface area contributed by atoms with E-state index in [2.05, 4.69) is 92.1 Å². The second-order valence-electron chi connectivity index (χ2n) is 6.06. The molecule has 0 spiro atoms. The summed E-state index contributed by atoms with van der Waals surface area (Å²) in [5.74, 6) is 0. The van der Waals surface area contributed by atoms with Crippen molar-refractivity contribution < 1.29 is 21.8 Å². The van der Waals surface area contributed by atoms with Crippen LogP contribution in [0.3, 0.4) is 0 Å². The first-order valence-corrected chi connectivity index (χ1v) is 8.18. The number of hydrogen-bond donors (Lipinski definition) is 0. The Labute approximate surface area is 151 Å². The van der Waals surface area contributed by atoms with Crippen molar-refractivity contribution in [1.82, 2.24) is 0 Å². The molecule has 1 heterocycles. The molecule has 0 bridgehead atoms. The second kappa shape index (κ2) is 8.17. The van der Waals surface area contributed by atoms with Crippen molar-refractivity contribution in [2.75, 3.05) is 0 Å². The average Bonchev–Trinajstić information content (AvgIpc) is 2.54. The third-order valence-electron chi connectivity index (χ3n) is 3.83. The number of hydrogen-bond acceptors (Lipinski definition) is 0. The number of nitrogens with zero attached hydrogens (tertiary/aromatic N) is 1. The van der Waals surface area contributed by atoms with Crippen LogP contribution in [0.4, 0.5) is 17.3 Å².